The van der Waals surface area contributed by atoms with E-state index in [0.29, 0.717) is 0 Å². The minimum Gasteiger partial charge on any atom is -0.201 e. The van der Waals surface area contributed by atoms with E-state index in [2.05, 4.69) is 96.6 Å². The van der Waals surface area contributed by atoms with Gasteiger partial charge in [-0.2, -0.15) is 0 Å². The van der Waals surface area contributed by atoms with Crippen molar-refractivity contribution in [1.82, 2.24) is 0 Å². The van der Waals surface area contributed by atoms with Crippen molar-refractivity contribution in [3.05, 3.63) is 53.2 Å². The molecule has 0 fully saturated rings. The summed E-state index contributed by atoms with van der Waals surface area (Å²) < 4.78 is 2.22. The van der Waals surface area contributed by atoms with Crippen molar-refractivity contribution in [3.8, 4) is 11.3 Å². The maximum atomic E-state index is 2.45. The number of aryl methyl sites for hydroxylation is 2. The molecule has 122 valence electrons. The highest BCUT2D eigenvalue weighted by atomic mass is 14.9. The van der Waals surface area contributed by atoms with Crippen molar-refractivity contribution >= 4 is 0 Å². The first-order valence-corrected chi connectivity index (χ1v) is 8.62. The van der Waals surface area contributed by atoms with Crippen LogP contribution >= 0.6 is 0 Å². The molecule has 1 aromatic carbocycles. The first kappa shape index (κ1) is 16.2. The van der Waals surface area contributed by atoms with Gasteiger partial charge in [0.1, 0.15) is 7.05 Å². The molecule has 0 radical (unpaired) electrons. The Balaban J connectivity index is 2.32. The fourth-order valence-corrected chi connectivity index (χ4v) is 4.28. The van der Waals surface area contributed by atoms with Crippen LogP contribution in [0.2, 0.25) is 0 Å². The average Bonchev–Trinajstić information content (AvgIpc) is 2.56. The molecule has 1 nitrogen and oxygen atoms in total. The molecule has 2 aromatic rings. The number of aromatic nitrogens is 1. The molecule has 0 N–H and O–H groups in total. The van der Waals surface area contributed by atoms with Crippen LogP contribution in [0.15, 0.2) is 36.5 Å². The van der Waals surface area contributed by atoms with Crippen LogP contribution in [-0.2, 0) is 17.9 Å². The van der Waals surface area contributed by atoms with Crippen molar-refractivity contribution < 1.29 is 4.57 Å². The lowest BCUT2D eigenvalue weighted by molar-refractivity contribution is -0.660. The number of benzene rings is 1. The Morgan fingerprint density at radius 2 is 1.39 bits per heavy atom. The number of rotatable bonds is 1. The lowest BCUT2D eigenvalue weighted by Crippen LogP contribution is -2.42. The van der Waals surface area contributed by atoms with Gasteiger partial charge in [-0.1, -0.05) is 47.6 Å². The Hall–Kier alpha value is -1.63. The van der Waals surface area contributed by atoms with E-state index >= 15 is 0 Å². The standard InChI is InChI=1S/C22H30N/c1-15-13-17-18(21(4,5)22(6,7)20(17,2)3)14-16(15)19-11-9-10-12-23(19)8/h9-14H,1-8H3/q+1. The largest absolute Gasteiger partial charge is 0.212 e. The van der Waals surface area contributed by atoms with Crippen LogP contribution in [0, 0.1) is 12.3 Å². The molecule has 0 spiro atoms. The van der Waals surface area contributed by atoms with E-state index in [1.54, 1.807) is 0 Å². The van der Waals surface area contributed by atoms with Crippen LogP contribution in [-0.4, -0.2) is 0 Å². The number of nitrogens with zero attached hydrogens (tertiary/aromatic N) is 1. The van der Waals surface area contributed by atoms with Crippen molar-refractivity contribution in [1.29, 1.82) is 0 Å². The van der Waals surface area contributed by atoms with E-state index in [4.69, 9.17) is 0 Å². The molecule has 1 aromatic heterocycles. The first-order valence-electron chi connectivity index (χ1n) is 8.62. The monoisotopic (exact) mass is 308 g/mol. The Bertz CT molecular complexity index is 779. The SMILES string of the molecule is Cc1cc2c(cc1-c1cccc[n+]1C)C(C)(C)C(C)(C)C2(C)C. The lowest BCUT2D eigenvalue weighted by Gasteiger charge is -2.44. The van der Waals surface area contributed by atoms with E-state index in [0.717, 1.165) is 0 Å². The Kier molecular flexibility index (Phi) is 3.31. The highest BCUT2D eigenvalue weighted by Crippen LogP contribution is 2.62. The molecule has 0 unspecified atom stereocenters. The maximum Gasteiger partial charge on any atom is 0.212 e. The molecule has 3 rings (SSSR count). The summed E-state index contributed by atoms with van der Waals surface area (Å²) in [6.07, 6.45) is 2.13. The second-order valence-corrected chi connectivity index (χ2v) is 8.78. The number of fused-ring (bicyclic) bond motifs is 1. The summed E-state index contributed by atoms with van der Waals surface area (Å²) in [6, 6.07) is 11.3. The second kappa shape index (κ2) is 4.69. The highest BCUT2D eigenvalue weighted by Gasteiger charge is 2.56. The zero-order chi connectivity index (χ0) is 17.2. The summed E-state index contributed by atoms with van der Waals surface area (Å²) in [5.41, 5.74) is 7.58. The molecule has 0 amide bonds. The molecule has 1 aliphatic carbocycles. The molecular weight excluding hydrogens is 278 g/mol. The van der Waals surface area contributed by atoms with Crippen molar-refractivity contribution in [3.63, 3.8) is 0 Å². The fraction of sp³-hybridized carbons (Fsp3) is 0.500. The van der Waals surface area contributed by atoms with Gasteiger partial charge in [-0.05, 0) is 52.0 Å². The summed E-state index contributed by atoms with van der Waals surface area (Å²) >= 11 is 0. The van der Waals surface area contributed by atoms with Gasteiger partial charge in [0.05, 0.1) is 0 Å². The van der Waals surface area contributed by atoms with Gasteiger partial charge in [-0.15, -0.1) is 0 Å². The molecule has 23 heavy (non-hydrogen) atoms. The van der Waals surface area contributed by atoms with E-state index < -0.39 is 0 Å². The van der Waals surface area contributed by atoms with Crippen molar-refractivity contribution in [2.45, 2.75) is 59.3 Å². The minimum atomic E-state index is 0.154. The van der Waals surface area contributed by atoms with Gasteiger partial charge in [-0.3, -0.25) is 0 Å². The van der Waals surface area contributed by atoms with E-state index in [-0.39, 0.29) is 16.2 Å². The summed E-state index contributed by atoms with van der Waals surface area (Å²) in [6.45, 7) is 16.7. The number of hydrogen-bond acceptors (Lipinski definition) is 0. The third-order valence-electron chi connectivity index (χ3n) is 7.17. The van der Waals surface area contributed by atoms with Gasteiger partial charge >= 0.3 is 0 Å². The van der Waals surface area contributed by atoms with E-state index in [1.807, 2.05) is 0 Å². The Morgan fingerprint density at radius 3 is 1.96 bits per heavy atom. The van der Waals surface area contributed by atoms with E-state index in [9.17, 15) is 0 Å². The molecule has 0 aliphatic heterocycles. The minimum absolute atomic E-state index is 0.154. The van der Waals surface area contributed by atoms with Crippen molar-refractivity contribution in [2.24, 2.45) is 12.5 Å². The quantitative estimate of drug-likeness (QED) is 0.647. The van der Waals surface area contributed by atoms with Gasteiger partial charge in [0.2, 0.25) is 5.69 Å². The summed E-state index contributed by atoms with van der Waals surface area (Å²) in [4.78, 5) is 0. The summed E-state index contributed by atoms with van der Waals surface area (Å²) in [7, 11) is 2.13. The third kappa shape index (κ3) is 1.95. The molecule has 0 saturated heterocycles. The van der Waals surface area contributed by atoms with Crippen LogP contribution in [0.25, 0.3) is 11.3 Å². The normalized spacial score (nSPS) is 20.3. The van der Waals surface area contributed by atoms with Crippen LogP contribution in [0.3, 0.4) is 0 Å². The van der Waals surface area contributed by atoms with Gasteiger partial charge in [0, 0.05) is 17.7 Å². The van der Waals surface area contributed by atoms with Crippen molar-refractivity contribution in [2.75, 3.05) is 0 Å². The molecule has 1 heterocycles. The van der Waals surface area contributed by atoms with Gasteiger partial charge in [-0.25, -0.2) is 4.57 Å². The van der Waals surface area contributed by atoms with Crippen LogP contribution in [0.4, 0.5) is 0 Å². The van der Waals surface area contributed by atoms with Crippen LogP contribution < -0.4 is 4.57 Å². The molecule has 0 bridgehead atoms. The maximum absolute atomic E-state index is 2.45. The van der Waals surface area contributed by atoms with Crippen LogP contribution in [0.1, 0.15) is 58.2 Å². The number of pyridine rings is 1. The molecule has 1 heteroatoms. The average molecular weight is 308 g/mol. The van der Waals surface area contributed by atoms with Gasteiger partial charge in [0.15, 0.2) is 6.20 Å². The Labute approximate surface area is 141 Å². The smallest absolute Gasteiger partial charge is 0.201 e. The molecule has 0 saturated carbocycles. The first-order chi connectivity index (χ1) is 10.5. The zero-order valence-corrected chi connectivity index (χ0v) is 15.9. The van der Waals surface area contributed by atoms with Crippen LogP contribution in [0.5, 0.6) is 0 Å². The molecular formula is C22H30N+. The van der Waals surface area contributed by atoms with Gasteiger partial charge in [0.25, 0.3) is 0 Å². The second-order valence-electron chi connectivity index (χ2n) is 8.78. The fourth-order valence-electron chi connectivity index (χ4n) is 4.28. The predicted molar refractivity (Wildman–Crippen MR) is 97.6 cm³/mol. The third-order valence-corrected chi connectivity index (χ3v) is 7.17. The van der Waals surface area contributed by atoms with E-state index in [1.165, 1.54) is 27.9 Å². The number of hydrogen-bond donors (Lipinski definition) is 0. The highest BCUT2D eigenvalue weighted by molar-refractivity contribution is 5.66. The lowest BCUT2D eigenvalue weighted by atomic mass is 9.59. The molecule has 1 aliphatic rings. The Morgan fingerprint density at radius 1 is 0.826 bits per heavy atom. The summed E-state index contributed by atoms with van der Waals surface area (Å²) in [5, 5.41) is 0. The topological polar surface area (TPSA) is 3.88 Å². The molecule has 0 atom stereocenters. The predicted octanol–water partition coefficient (Wildman–Crippen LogP) is 5.08. The van der Waals surface area contributed by atoms with Gasteiger partial charge < -0.3 is 0 Å². The zero-order valence-electron chi connectivity index (χ0n) is 15.9. The summed E-state index contributed by atoms with van der Waals surface area (Å²) in [5.74, 6) is 0.